The van der Waals surface area contributed by atoms with Crippen LogP contribution in [0.5, 0.6) is 0 Å². The Hall–Kier alpha value is -2.45. The predicted octanol–water partition coefficient (Wildman–Crippen LogP) is 3.83. The number of carbonyl (C=O) groups is 1. The highest BCUT2D eigenvalue weighted by atomic mass is 19.1. The molecule has 0 saturated heterocycles. The van der Waals surface area contributed by atoms with Crippen molar-refractivity contribution in [3.8, 4) is 11.3 Å². The van der Waals surface area contributed by atoms with Crippen molar-refractivity contribution in [2.24, 2.45) is 5.41 Å². The minimum atomic E-state index is -0.817. The number of halogens is 2. The lowest BCUT2D eigenvalue weighted by molar-refractivity contribution is -0.169. The number of carbonyl (C=O) groups excluding carboxylic acids is 1. The fourth-order valence-corrected chi connectivity index (χ4v) is 5.44. The molecule has 1 aromatic carbocycles. The van der Waals surface area contributed by atoms with E-state index in [4.69, 9.17) is 9.84 Å². The van der Waals surface area contributed by atoms with E-state index >= 15 is 0 Å². The fourth-order valence-electron chi connectivity index (χ4n) is 5.44. The first-order valence-electron chi connectivity index (χ1n) is 11.2. The van der Waals surface area contributed by atoms with Gasteiger partial charge in [0, 0.05) is 12.0 Å². The number of ether oxygens (including phenoxy) is 1. The van der Waals surface area contributed by atoms with Crippen LogP contribution in [0.25, 0.3) is 11.3 Å². The van der Waals surface area contributed by atoms with Gasteiger partial charge in [-0.05, 0) is 48.9 Å². The summed E-state index contributed by atoms with van der Waals surface area (Å²) in [5.74, 6) is -1.56. The molecule has 6 nitrogen and oxygen atoms in total. The second-order valence-corrected chi connectivity index (χ2v) is 9.18. The second-order valence-electron chi connectivity index (χ2n) is 9.18. The van der Waals surface area contributed by atoms with Gasteiger partial charge in [-0.25, -0.2) is 8.78 Å². The summed E-state index contributed by atoms with van der Waals surface area (Å²) in [6.07, 6.45) is 2.10. The van der Waals surface area contributed by atoms with Crippen molar-refractivity contribution in [3.63, 3.8) is 0 Å². The molecule has 1 amide bonds. The third-order valence-electron chi connectivity index (χ3n) is 7.10. The summed E-state index contributed by atoms with van der Waals surface area (Å²) in [6, 6.07) is 5.45. The first-order chi connectivity index (χ1) is 15.3. The fraction of sp³-hybridized carbons (Fsp3) is 0.542. The van der Waals surface area contributed by atoms with Gasteiger partial charge in [0.25, 0.3) is 0 Å². The summed E-state index contributed by atoms with van der Waals surface area (Å²) in [6.45, 7) is 6.17. The molecule has 2 aromatic rings. The van der Waals surface area contributed by atoms with Gasteiger partial charge in [0.1, 0.15) is 23.3 Å². The zero-order chi connectivity index (χ0) is 23.1. The lowest BCUT2D eigenvalue weighted by atomic mass is 9.77. The van der Waals surface area contributed by atoms with Gasteiger partial charge >= 0.3 is 0 Å². The molecule has 32 heavy (non-hydrogen) atoms. The van der Waals surface area contributed by atoms with Crippen molar-refractivity contribution in [2.75, 3.05) is 13.2 Å². The summed E-state index contributed by atoms with van der Waals surface area (Å²) >= 11 is 0. The lowest BCUT2D eigenvalue weighted by Crippen LogP contribution is -2.47. The maximum atomic E-state index is 14.4. The zero-order valence-corrected chi connectivity index (χ0v) is 18.6. The minimum absolute atomic E-state index is 0.0735. The smallest absolute Gasteiger partial charge is 0.249 e. The summed E-state index contributed by atoms with van der Waals surface area (Å²) in [5, 5.41) is 20.4. The molecule has 3 atom stereocenters. The van der Waals surface area contributed by atoms with Crippen LogP contribution in [-0.2, 0) is 15.1 Å². The van der Waals surface area contributed by atoms with Crippen LogP contribution in [0.4, 0.5) is 8.78 Å². The highest BCUT2D eigenvalue weighted by Crippen LogP contribution is 2.68. The third-order valence-corrected chi connectivity index (χ3v) is 7.10. The summed E-state index contributed by atoms with van der Waals surface area (Å²) in [5.41, 5.74) is 0.298. The summed E-state index contributed by atoms with van der Waals surface area (Å²) in [4.78, 5) is 12.7. The SMILES string of the molecule is CCC[C@H](O[C@@]12CC[C@@H](c3cc(-c4c(F)cccc4F)nnc31)C2(C)C)C(=O)NCCO. The Balaban J connectivity index is 1.74. The van der Waals surface area contributed by atoms with Gasteiger partial charge in [-0.3, -0.25) is 4.79 Å². The number of rotatable bonds is 8. The highest BCUT2D eigenvalue weighted by molar-refractivity contribution is 5.80. The van der Waals surface area contributed by atoms with E-state index < -0.39 is 23.3 Å². The molecule has 8 heteroatoms. The number of aromatic nitrogens is 2. The molecular weight excluding hydrogens is 416 g/mol. The Bertz CT molecular complexity index is 1010. The second kappa shape index (κ2) is 8.48. The Morgan fingerprint density at radius 1 is 1.31 bits per heavy atom. The number of nitrogens with zero attached hydrogens (tertiary/aromatic N) is 2. The van der Waals surface area contributed by atoms with E-state index in [2.05, 4.69) is 29.4 Å². The van der Waals surface area contributed by atoms with E-state index in [1.54, 1.807) is 6.07 Å². The molecule has 0 spiro atoms. The first-order valence-corrected chi connectivity index (χ1v) is 11.2. The monoisotopic (exact) mass is 445 g/mol. The van der Waals surface area contributed by atoms with E-state index in [1.807, 2.05) is 6.92 Å². The Labute approximate surface area is 186 Å². The van der Waals surface area contributed by atoms with Gasteiger partial charge in [-0.1, -0.05) is 33.3 Å². The third kappa shape index (κ3) is 3.40. The van der Waals surface area contributed by atoms with Gasteiger partial charge in [-0.15, -0.1) is 5.10 Å². The number of amides is 1. The van der Waals surface area contributed by atoms with Crippen LogP contribution in [0.2, 0.25) is 0 Å². The van der Waals surface area contributed by atoms with Crippen LogP contribution < -0.4 is 5.32 Å². The van der Waals surface area contributed by atoms with Crippen LogP contribution in [0.1, 0.15) is 63.6 Å². The largest absolute Gasteiger partial charge is 0.395 e. The van der Waals surface area contributed by atoms with Gasteiger partial charge in [0.15, 0.2) is 0 Å². The van der Waals surface area contributed by atoms with Crippen molar-refractivity contribution in [2.45, 2.75) is 64.1 Å². The van der Waals surface area contributed by atoms with Gasteiger partial charge in [0.2, 0.25) is 5.91 Å². The molecule has 4 rings (SSSR count). The van der Waals surface area contributed by atoms with Gasteiger partial charge < -0.3 is 15.2 Å². The van der Waals surface area contributed by atoms with Crippen LogP contribution in [-0.4, -0.2) is 40.5 Å². The summed E-state index contributed by atoms with van der Waals surface area (Å²) in [7, 11) is 0. The molecule has 2 aliphatic rings. The Morgan fingerprint density at radius 3 is 2.69 bits per heavy atom. The molecule has 2 bridgehead atoms. The molecule has 1 aromatic heterocycles. The number of benzene rings is 1. The standard InChI is InChI=1S/C24H29F2N3O3/c1-4-6-19(22(31)27-11-12-30)32-24-10-9-15(23(24,2)3)14-13-18(28-29-21(14)24)20-16(25)7-5-8-17(20)26/h5,7-8,13,15,19,30H,4,6,9-12H2,1-3H3,(H,27,31)/t15-,19-,24-/m0/s1. The van der Waals surface area contributed by atoms with E-state index in [9.17, 15) is 13.6 Å². The lowest BCUT2D eigenvalue weighted by Gasteiger charge is -2.40. The average molecular weight is 446 g/mol. The maximum Gasteiger partial charge on any atom is 0.249 e. The molecule has 172 valence electrons. The molecule has 1 saturated carbocycles. The van der Waals surface area contributed by atoms with Crippen LogP contribution in [0, 0.1) is 17.0 Å². The van der Waals surface area contributed by atoms with E-state index in [0.29, 0.717) is 18.5 Å². The van der Waals surface area contributed by atoms with Crippen LogP contribution in [0.15, 0.2) is 24.3 Å². The summed E-state index contributed by atoms with van der Waals surface area (Å²) < 4.78 is 35.3. The maximum absolute atomic E-state index is 14.4. The normalized spacial score (nSPS) is 23.8. The number of aliphatic hydroxyl groups is 1. The number of fused-ring (bicyclic) bond motifs is 5. The first kappa shape index (κ1) is 22.7. The van der Waals surface area contributed by atoms with Crippen LogP contribution in [0.3, 0.4) is 0 Å². The Morgan fingerprint density at radius 2 is 2.03 bits per heavy atom. The molecular formula is C24H29F2N3O3. The molecule has 0 aliphatic heterocycles. The van der Waals surface area contributed by atoms with Crippen molar-refractivity contribution in [1.29, 1.82) is 0 Å². The highest BCUT2D eigenvalue weighted by Gasteiger charge is 2.65. The van der Waals surface area contributed by atoms with Crippen molar-refractivity contribution >= 4 is 5.91 Å². The number of hydrogen-bond acceptors (Lipinski definition) is 5. The molecule has 0 radical (unpaired) electrons. The number of nitrogens with one attached hydrogen (secondary N) is 1. The predicted molar refractivity (Wildman–Crippen MR) is 115 cm³/mol. The van der Waals surface area contributed by atoms with Gasteiger partial charge in [-0.2, -0.15) is 5.10 Å². The molecule has 1 fully saturated rings. The Kier molecular flexibility index (Phi) is 6.02. The van der Waals surface area contributed by atoms with Gasteiger partial charge in [0.05, 0.1) is 23.6 Å². The molecule has 0 unspecified atom stereocenters. The average Bonchev–Trinajstić information content (AvgIpc) is 3.11. The number of aliphatic hydroxyl groups excluding tert-OH is 1. The van der Waals surface area contributed by atoms with Crippen molar-refractivity contribution < 1.29 is 23.4 Å². The molecule has 1 heterocycles. The van der Waals surface area contributed by atoms with Crippen molar-refractivity contribution in [1.82, 2.24) is 15.5 Å². The van der Waals surface area contributed by atoms with Crippen LogP contribution >= 0.6 is 0 Å². The van der Waals surface area contributed by atoms with E-state index in [-0.39, 0.29) is 41.6 Å². The minimum Gasteiger partial charge on any atom is -0.395 e. The topological polar surface area (TPSA) is 84.3 Å². The number of hydrogen-bond donors (Lipinski definition) is 2. The quantitative estimate of drug-likeness (QED) is 0.645. The van der Waals surface area contributed by atoms with E-state index in [0.717, 1.165) is 18.4 Å². The van der Waals surface area contributed by atoms with E-state index in [1.165, 1.54) is 18.2 Å². The molecule has 2 N–H and O–H groups in total. The van der Waals surface area contributed by atoms with Crippen molar-refractivity contribution in [3.05, 3.63) is 47.2 Å². The molecule has 2 aliphatic carbocycles. The zero-order valence-electron chi connectivity index (χ0n) is 18.6.